The van der Waals surface area contributed by atoms with Crippen molar-refractivity contribution in [2.75, 3.05) is 45.8 Å². The van der Waals surface area contributed by atoms with E-state index >= 15 is 0 Å². The van der Waals surface area contributed by atoms with E-state index in [0.717, 1.165) is 58.3 Å². The van der Waals surface area contributed by atoms with Gasteiger partial charge in [-0.1, -0.05) is 12.1 Å². The van der Waals surface area contributed by atoms with Crippen molar-refractivity contribution < 1.29 is 9.47 Å². The fourth-order valence-electron chi connectivity index (χ4n) is 2.83. The topological polar surface area (TPSA) is 54.9 Å². The third kappa shape index (κ3) is 7.56. The van der Waals surface area contributed by atoms with Gasteiger partial charge in [-0.15, -0.1) is 11.8 Å². The Balaban J connectivity index is 1.72. The van der Waals surface area contributed by atoms with Crippen LogP contribution < -0.4 is 10.6 Å². The van der Waals surface area contributed by atoms with Gasteiger partial charge in [0.15, 0.2) is 5.96 Å². The third-order valence-corrected chi connectivity index (χ3v) is 5.15. The van der Waals surface area contributed by atoms with Gasteiger partial charge in [0.2, 0.25) is 0 Å². The zero-order valence-electron chi connectivity index (χ0n) is 16.3. The summed E-state index contributed by atoms with van der Waals surface area (Å²) in [6, 6.07) is 6.55. The molecule has 1 heterocycles. The molecule has 0 aromatic heterocycles. The fourth-order valence-corrected chi connectivity index (χ4v) is 3.53. The number of aliphatic imine (C=N–C) groups is 1. The van der Waals surface area contributed by atoms with Gasteiger partial charge in [-0.2, -0.15) is 0 Å². The van der Waals surface area contributed by atoms with Gasteiger partial charge in [-0.3, -0.25) is 0 Å². The molecule has 1 unspecified atom stereocenters. The number of benzene rings is 1. The smallest absolute Gasteiger partial charge is 0.191 e. The first kappa shape index (κ1) is 21.1. The molecule has 1 atom stereocenters. The van der Waals surface area contributed by atoms with Crippen LogP contribution in [0.2, 0.25) is 0 Å². The number of hydrogen-bond acceptors (Lipinski definition) is 4. The first-order valence-corrected chi connectivity index (χ1v) is 10.8. The average Bonchev–Trinajstić information content (AvgIpc) is 3.16. The number of rotatable bonds is 10. The number of guanidine groups is 1. The van der Waals surface area contributed by atoms with Crippen LogP contribution in [0, 0.1) is 12.8 Å². The molecule has 0 amide bonds. The van der Waals surface area contributed by atoms with E-state index in [2.05, 4.69) is 48.9 Å². The quantitative estimate of drug-likeness (QED) is 0.283. The molecule has 2 rings (SSSR count). The molecule has 1 aliphatic heterocycles. The summed E-state index contributed by atoms with van der Waals surface area (Å²) in [4.78, 5) is 6.03. The summed E-state index contributed by atoms with van der Waals surface area (Å²) in [5.41, 5.74) is 2.55. The molecule has 0 aliphatic carbocycles. The van der Waals surface area contributed by atoms with Gasteiger partial charge in [0.05, 0.1) is 19.8 Å². The van der Waals surface area contributed by atoms with Crippen molar-refractivity contribution in [1.29, 1.82) is 0 Å². The molecule has 0 radical (unpaired) electrons. The second-order valence-corrected chi connectivity index (χ2v) is 7.44. The number of ether oxygens (including phenoxy) is 2. The highest BCUT2D eigenvalue weighted by molar-refractivity contribution is 7.98. The zero-order chi connectivity index (χ0) is 18.6. The van der Waals surface area contributed by atoms with Crippen LogP contribution in [-0.2, 0) is 16.0 Å². The summed E-state index contributed by atoms with van der Waals surface area (Å²) >= 11 is 1.78. The minimum absolute atomic E-state index is 0.585. The van der Waals surface area contributed by atoms with E-state index in [1.54, 1.807) is 11.8 Å². The van der Waals surface area contributed by atoms with Crippen LogP contribution in [0.3, 0.4) is 0 Å². The second-order valence-electron chi connectivity index (χ2n) is 6.60. The molecule has 1 aromatic rings. The normalized spacial score (nSPS) is 17.5. The lowest BCUT2D eigenvalue weighted by Gasteiger charge is -2.13. The van der Waals surface area contributed by atoms with Gasteiger partial charge in [-0.25, -0.2) is 4.99 Å². The van der Waals surface area contributed by atoms with Crippen LogP contribution >= 0.6 is 11.8 Å². The molecular weight excluding hydrogens is 346 g/mol. The van der Waals surface area contributed by atoms with E-state index in [-0.39, 0.29) is 0 Å². The van der Waals surface area contributed by atoms with E-state index in [1.807, 2.05) is 0 Å². The lowest BCUT2D eigenvalue weighted by atomic mass is 10.1. The Morgan fingerprint density at radius 1 is 1.38 bits per heavy atom. The number of hydrogen-bond donors (Lipinski definition) is 2. The summed E-state index contributed by atoms with van der Waals surface area (Å²) in [7, 11) is 0. The summed E-state index contributed by atoms with van der Waals surface area (Å²) in [6.45, 7) is 9.94. The highest BCUT2D eigenvalue weighted by Gasteiger charge is 2.15. The Morgan fingerprint density at radius 2 is 2.27 bits per heavy atom. The lowest BCUT2D eigenvalue weighted by Crippen LogP contribution is -2.38. The van der Waals surface area contributed by atoms with Crippen LogP contribution in [0.15, 0.2) is 28.1 Å². The van der Waals surface area contributed by atoms with Gasteiger partial charge in [-0.05, 0) is 50.1 Å². The minimum atomic E-state index is 0.585. The van der Waals surface area contributed by atoms with E-state index < -0.39 is 0 Å². The Labute approximate surface area is 162 Å². The Kier molecular flexibility index (Phi) is 9.89. The van der Waals surface area contributed by atoms with Crippen molar-refractivity contribution in [1.82, 2.24) is 10.6 Å². The molecule has 5 nitrogen and oxygen atoms in total. The molecule has 26 heavy (non-hydrogen) atoms. The van der Waals surface area contributed by atoms with Crippen LogP contribution in [0.25, 0.3) is 0 Å². The molecule has 1 aromatic carbocycles. The third-order valence-electron chi connectivity index (χ3n) is 4.33. The van der Waals surface area contributed by atoms with E-state index in [1.165, 1.54) is 16.0 Å². The molecule has 0 bridgehead atoms. The number of nitrogens with one attached hydrogen (secondary N) is 2. The lowest BCUT2D eigenvalue weighted by molar-refractivity contribution is 0.0888. The minimum Gasteiger partial charge on any atom is -0.381 e. The van der Waals surface area contributed by atoms with Gasteiger partial charge >= 0.3 is 0 Å². The molecule has 146 valence electrons. The Bertz CT molecular complexity index is 560. The second kappa shape index (κ2) is 12.2. The molecule has 1 fully saturated rings. The van der Waals surface area contributed by atoms with Gasteiger partial charge in [0, 0.05) is 37.1 Å². The highest BCUT2D eigenvalue weighted by Crippen LogP contribution is 2.22. The van der Waals surface area contributed by atoms with Crippen LogP contribution in [0.5, 0.6) is 0 Å². The first-order chi connectivity index (χ1) is 12.7. The van der Waals surface area contributed by atoms with Crippen LogP contribution in [-0.4, -0.2) is 51.7 Å². The number of nitrogens with zero attached hydrogens (tertiary/aromatic N) is 1. The summed E-state index contributed by atoms with van der Waals surface area (Å²) < 4.78 is 11.1. The number of aryl methyl sites for hydroxylation is 1. The molecule has 0 spiro atoms. The largest absolute Gasteiger partial charge is 0.381 e. The maximum absolute atomic E-state index is 5.75. The van der Waals surface area contributed by atoms with Gasteiger partial charge in [0.1, 0.15) is 0 Å². The van der Waals surface area contributed by atoms with Crippen molar-refractivity contribution in [3.8, 4) is 0 Å². The Morgan fingerprint density at radius 3 is 3.00 bits per heavy atom. The van der Waals surface area contributed by atoms with Crippen molar-refractivity contribution >= 4 is 17.7 Å². The first-order valence-electron chi connectivity index (χ1n) is 9.54. The zero-order valence-corrected chi connectivity index (χ0v) is 17.2. The molecular formula is C20H33N3O2S. The SMILES string of the molecule is CCNC(=NCc1ccc(C)cc1SC)NCCCOCC1CCOC1. The van der Waals surface area contributed by atoms with Crippen LogP contribution in [0.4, 0.5) is 0 Å². The van der Waals surface area contributed by atoms with Crippen molar-refractivity contribution in [2.45, 2.75) is 38.1 Å². The van der Waals surface area contributed by atoms with E-state index in [9.17, 15) is 0 Å². The molecule has 0 saturated carbocycles. The van der Waals surface area contributed by atoms with Crippen LogP contribution in [0.1, 0.15) is 30.9 Å². The standard InChI is InChI=1S/C20H33N3O2S/c1-4-21-20(22-9-5-10-24-14-17-8-11-25-15-17)23-13-18-7-6-16(2)12-19(18)26-3/h6-7,12,17H,4-5,8-11,13-15H2,1-3H3,(H2,21,22,23). The molecule has 1 saturated heterocycles. The van der Waals surface area contributed by atoms with Crippen molar-refractivity contribution in [2.24, 2.45) is 10.9 Å². The maximum Gasteiger partial charge on any atom is 0.191 e. The monoisotopic (exact) mass is 379 g/mol. The van der Waals surface area contributed by atoms with E-state index in [0.29, 0.717) is 12.5 Å². The van der Waals surface area contributed by atoms with Gasteiger partial charge in [0.25, 0.3) is 0 Å². The summed E-state index contributed by atoms with van der Waals surface area (Å²) in [5.74, 6) is 1.45. The number of thioether (sulfide) groups is 1. The summed E-state index contributed by atoms with van der Waals surface area (Å²) in [5, 5.41) is 6.71. The average molecular weight is 380 g/mol. The van der Waals surface area contributed by atoms with Crippen molar-refractivity contribution in [3.63, 3.8) is 0 Å². The van der Waals surface area contributed by atoms with E-state index in [4.69, 9.17) is 14.5 Å². The fraction of sp³-hybridized carbons (Fsp3) is 0.650. The molecule has 2 N–H and O–H groups in total. The predicted molar refractivity (Wildman–Crippen MR) is 110 cm³/mol. The molecule has 6 heteroatoms. The summed E-state index contributed by atoms with van der Waals surface area (Å²) in [6.07, 6.45) is 4.22. The highest BCUT2D eigenvalue weighted by atomic mass is 32.2. The Hall–Kier alpha value is -1.24. The van der Waals surface area contributed by atoms with Gasteiger partial charge < -0.3 is 20.1 Å². The maximum atomic E-state index is 5.75. The van der Waals surface area contributed by atoms with Crippen molar-refractivity contribution in [3.05, 3.63) is 29.3 Å². The predicted octanol–water partition coefficient (Wildman–Crippen LogP) is 3.22. The molecule has 1 aliphatic rings.